The van der Waals surface area contributed by atoms with Crippen LogP contribution in [0.5, 0.6) is 0 Å². The van der Waals surface area contributed by atoms with Crippen molar-refractivity contribution in [3.63, 3.8) is 0 Å². The summed E-state index contributed by atoms with van der Waals surface area (Å²) in [7, 11) is 0. The van der Waals surface area contributed by atoms with Crippen molar-refractivity contribution in [3.8, 4) is 27.6 Å². The second kappa shape index (κ2) is 8.79. The minimum absolute atomic E-state index is 0.285. The second-order valence-corrected chi connectivity index (χ2v) is 8.45. The summed E-state index contributed by atoms with van der Waals surface area (Å²) in [6.07, 6.45) is 3.43. The van der Waals surface area contributed by atoms with Crippen molar-refractivity contribution in [1.82, 2.24) is 24.7 Å². The van der Waals surface area contributed by atoms with Crippen LogP contribution < -0.4 is 0 Å². The lowest BCUT2D eigenvalue weighted by atomic mass is 10.2. The Balaban J connectivity index is 1.45. The van der Waals surface area contributed by atoms with Gasteiger partial charge in [-0.05, 0) is 36.4 Å². The van der Waals surface area contributed by atoms with E-state index in [4.69, 9.17) is 4.98 Å². The summed E-state index contributed by atoms with van der Waals surface area (Å²) < 4.78 is 15.4. The molecule has 0 N–H and O–H groups in total. The number of thioether (sulfide) groups is 1. The molecule has 8 heteroatoms. The molecule has 0 saturated heterocycles. The summed E-state index contributed by atoms with van der Waals surface area (Å²) in [5.41, 5.74) is 3.77. The van der Waals surface area contributed by atoms with Crippen LogP contribution in [0, 0.1) is 5.82 Å². The molecule has 0 amide bonds. The van der Waals surface area contributed by atoms with E-state index in [2.05, 4.69) is 32.7 Å². The zero-order chi connectivity index (χ0) is 21.0. The van der Waals surface area contributed by atoms with Gasteiger partial charge in [0.05, 0.1) is 5.69 Å². The molecular formula is C23H16FN5S2. The molecule has 3 heterocycles. The van der Waals surface area contributed by atoms with Crippen LogP contribution in [0.2, 0.25) is 0 Å². The van der Waals surface area contributed by atoms with Crippen LogP contribution in [0.3, 0.4) is 0 Å². The third-order valence-electron chi connectivity index (χ3n) is 4.58. The van der Waals surface area contributed by atoms with Crippen LogP contribution in [0.1, 0.15) is 5.69 Å². The summed E-state index contributed by atoms with van der Waals surface area (Å²) in [5.74, 6) is 1.05. The van der Waals surface area contributed by atoms with Gasteiger partial charge in [0.1, 0.15) is 10.8 Å². The van der Waals surface area contributed by atoms with Gasteiger partial charge in [-0.2, -0.15) is 0 Å². The average molecular weight is 446 g/mol. The first-order valence-corrected chi connectivity index (χ1v) is 11.4. The van der Waals surface area contributed by atoms with Gasteiger partial charge in [-0.3, -0.25) is 9.55 Å². The molecule has 152 valence electrons. The van der Waals surface area contributed by atoms with Crippen LogP contribution in [-0.2, 0) is 5.75 Å². The molecule has 0 bridgehead atoms. The molecule has 0 aliphatic rings. The van der Waals surface area contributed by atoms with Crippen molar-refractivity contribution in [2.45, 2.75) is 10.9 Å². The van der Waals surface area contributed by atoms with Gasteiger partial charge < -0.3 is 0 Å². The third-order valence-corrected chi connectivity index (χ3v) is 6.48. The van der Waals surface area contributed by atoms with E-state index in [9.17, 15) is 4.39 Å². The molecule has 0 aliphatic carbocycles. The van der Waals surface area contributed by atoms with E-state index in [1.807, 2.05) is 34.9 Å². The number of hydrogen-bond acceptors (Lipinski definition) is 6. The molecule has 5 nitrogen and oxygen atoms in total. The first kappa shape index (κ1) is 19.6. The van der Waals surface area contributed by atoms with Crippen molar-refractivity contribution in [2.75, 3.05) is 0 Å². The van der Waals surface area contributed by atoms with E-state index in [-0.39, 0.29) is 5.82 Å². The molecule has 0 unspecified atom stereocenters. The number of rotatable bonds is 6. The largest absolute Gasteiger partial charge is 0.270 e. The smallest absolute Gasteiger partial charge is 0.196 e. The predicted octanol–water partition coefficient (Wildman–Crippen LogP) is 5.88. The van der Waals surface area contributed by atoms with Gasteiger partial charge in [0.25, 0.3) is 0 Å². The number of thiazole rings is 1. The number of aromatic nitrogens is 5. The van der Waals surface area contributed by atoms with E-state index >= 15 is 0 Å². The van der Waals surface area contributed by atoms with Crippen molar-refractivity contribution < 1.29 is 4.39 Å². The fourth-order valence-corrected chi connectivity index (χ4v) is 4.88. The van der Waals surface area contributed by atoms with E-state index in [0.717, 1.165) is 27.5 Å². The molecule has 3 aromatic heterocycles. The highest BCUT2D eigenvalue weighted by molar-refractivity contribution is 7.98. The molecule has 5 rings (SSSR count). The van der Waals surface area contributed by atoms with Gasteiger partial charge in [0.15, 0.2) is 11.0 Å². The second-order valence-electron chi connectivity index (χ2n) is 6.65. The maximum atomic E-state index is 13.5. The highest BCUT2D eigenvalue weighted by Gasteiger charge is 2.17. The average Bonchev–Trinajstić information content (AvgIpc) is 3.47. The number of benzene rings is 2. The first-order chi connectivity index (χ1) is 15.3. The molecule has 5 aromatic rings. The molecule has 0 fully saturated rings. The topological polar surface area (TPSA) is 56.5 Å². The summed E-state index contributed by atoms with van der Waals surface area (Å²) in [4.78, 5) is 8.83. The highest BCUT2D eigenvalue weighted by atomic mass is 32.2. The fraction of sp³-hybridized carbons (Fsp3) is 0.0435. The first-order valence-electron chi connectivity index (χ1n) is 9.52. The van der Waals surface area contributed by atoms with Crippen LogP contribution in [0.4, 0.5) is 4.39 Å². The lowest BCUT2D eigenvalue weighted by Gasteiger charge is -2.10. The van der Waals surface area contributed by atoms with E-state index in [0.29, 0.717) is 16.7 Å². The van der Waals surface area contributed by atoms with Gasteiger partial charge in [-0.25, -0.2) is 9.37 Å². The molecule has 2 aromatic carbocycles. The minimum atomic E-state index is -0.285. The Hall–Kier alpha value is -3.36. The number of halogens is 1. The molecule has 0 aliphatic heterocycles. The summed E-state index contributed by atoms with van der Waals surface area (Å²) in [6.45, 7) is 0. The van der Waals surface area contributed by atoms with Crippen molar-refractivity contribution in [3.05, 3.63) is 96.0 Å². The molecule has 0 radical (unpaired) electrons. The lowest BCUT2D eigenvalue weighted by molar-refractivity contribution is 0.627. The molecular weight excluding hydrogens is 429 g/mol. The Labute approximate surface area is 186 Å². The number of hydrogen-bond donors (Lipinski definition) is 0. The molecule has 0 atom stereocenters. The van der Waals surface area contributed by atoms with Crippen molar-refractivity contribution in [2.24, 2.45) is 0 Å². The van der Waals surface area contributed by atoms with Crippen molar-refractivity contribution >= 4 is 23.1 Å². The quantitative estimate of drug-likeness (QED) is 0.305. The Morgan fingerprint density at radius 2 is 1.65 bits per heavy atom. The Kier molecular flexibility index (Phi) is 5.56. The van der Waals surface area contributed by atoms with Gasteiger partial charge in [0.2, 0.25) is 0 Å². The summed E-state index contributed by atoms with van der Waals surface area (Å²) in [6, 6.07) is 20.2. The predicted molar refractivity (Wildman–Crippen MR) is 122 cm³/mol. The fourth-order valence-electron chi connectivity index (χ4n) is 3.10. The summed E-state index contributed by atoms with van der Waals surface area (Å²) >= 11 is 3.17. The SMILES string of the molecule is Fc1ccc(-n2c(SCc3csc(-c4ccccc4)n3)nnc2-c2ccncc2)cc1. The Bertz CT molecular complexity index is 1280. The maximum absolute atomic E-state index is 13.5. The number of nitrogens with zero attached hydrogens (tertiary/aromatic N) is 5. The number of pyridine rings is 1. The van der Waals surface area contributed by atoms with Crippen LogP contribution in [0.15, 0.2) is 89.7 Å². The molecule has 0 spiro atoms. The van der Waals surface area contributed by atoms with Gasteiger partial charge in [0, 0.05) is 40.3 Å². The van der Waals surface area contributed by atoms with Crippen molar-refractivity contribution in [1.29, 1.82) is 0 Å². The van der Waals surface area contributed by atoms with Gasteiger partial charge >= 0.3 is 0 Å². The monoisotopic (exact) mass is 445 g/mol. The van der Waals surface area contributed by atoms with Crippen LogP contribution >= 0.6 is 23.1 Å². The Morgan fingerprint density at radius 1 is 0.871 bits per heavy atom. The highest BCUT2D eigenvalue weighted by Crippen LogP contribution is 2.31. The van der Waals surface area contributed by atoms with Gasteiger partial charge in [-0.15, -0.1) is 21.5 Å². The molecule has 31 heavy (non-hydrogen) atoms. The van der Waals surface area contributed by atoms with E-state index < -0.39 is 0 Å². The Morgan fingerprint density at radius 3 is 2.42 bits per heavy atom. The zero-order valence-corrected chi connectivity index (χ0v) is 17.9. The minimum Gasteiger partial charge on any atom is -0.270 e. The standard InChI is InChI=1S/C23H16FN5S2/c24-18-6-8-20(9-7-18)29-21(16-10-12-25-13-11-16)27-28-23(29)31-15-19-14-30-22(26-19)17-4-2-1-3-5-17/h1-14H,15H2. The lowest BCUT2D eigenvalue weighted by Crippen LogP contribution is -2.00. The normalized spacial score (nSPS) is 11.0. The van der Waals surface area contributed by atoms with Gasteiger partial charge in [-0.1, -0.05) is 42.1 Å². The third kappa shape index (κ3) is 4.26. The zero-order valence-electron chi connectivity index (χ0n) is 16.2. The van der Waals surface area contributed by atoms with E-state index in [1.165, 1.54) is 12.1 Å². The summed E-state index contributed by atoms with van der Waals surface area (Å²) in [5, 5.41) is 12.6. The van der Waals surface area contributed by atoms with E-state index in [1.54, 1.807) is 47.6 Å². The maximum Gasteiger partial charge on any atom is 0.196 e. The molecule has 0 saturated carbocycles. The van der Waals surface area contributed by atoms with Crippen LogP contribution in [0.25, 0.3) is 27.6 Å². The van der Waals surface area contributed by atoms with Crippen LogP contribution in [-0.4, -0.2) is 24.7 Å².